The molecule has 3 rings (SSSR count). The fourth-order valence-electron chi connectivity index (χ4n) is 2.48. The van der Waals surface area contributed by atoms with Gasteiger partial charge in [-0.05, 0) is 30.7 Å². The Bertz CT molecular complexity index is 922. The fraction of sp³-hybridized carbons (Fsp3) is 0.250. The van der Waals surface area contributed by atoms with E-state index in [0.717, 1.165) is 17.8 Å². The molecule has 146 valence electrons. The number of guanidine groups is 1. The van der Waals surface area contributed by atoms with E-state index in [2.05, 4.69) is 25.7 Å². The van der Waals surface area contributed by atoms with E-state index in [1.54, 1.807) is 30.6 Å². The second kappa shape index (κ2) is 9.50. The summed E-state index contributed by atoms with van der Waals surface area (Å²) < 4.78 is 20.6. The minimum Gasteiger partial charge on any atom is -0.439 e. The van der Waals surface area contributed by atoms with Gasteiger partial charge >= 0.3 is 0 Å². The molecule has 0 bridgehead atoms. The molecule has 3 aromatic rings. The van der Waals surface area contributed by atoms with Crippen LogP contribution in [0.1, 0.15) is 18.2 Å². The van der Waals surface area contributed by atoms with Gasteiger partial charge in [-0.2, -0.15) is 5.10 Å². The van der Waals surface area contributed by atoms with Crippen LogP contribution < -0.4 is 15.4 Å². The van der Waals surface area contributed by atoms with Gasteiger partial charge in [0.2, 0.25) is 5.88 Å². The van der Waals surface area contributed by atoms with Crippen LogP contribution in [0, 0.1) is 5.82 Å². The topological polar surface area (TPSA) is 76.4 Å². The quantitative estimate of drug-likeness (QED) is 0.485. The largest absolute Gasteiger partial charge is 0.439 e. The second-order valence-corrected chi connectivity index (χ2v) is 6.06. The number of halogens is 1. The first-order valence-corrected chi connectivity index (χ1v) is 9.01. The number of nitrogens with zero attached hydrogens (tertiary/aromatic N) is 4. The van der Waals surface area contributed by atoms with Crippen molar-refractivity contribution in [1.82, 2.24) is 25.4 Å². The molecule has 0 unspecified atom stereocenters. The minimum atomic E-state index is -0.349. The zero-order chi connectivity index (χ0) is 19.8. The van der Waals surface area contributed by atoms with Gasteiger partial charge in [0.05, 0.1) is 18.8 Å². The van der Waals surface area contributed by atoms with E-state index in [1.807, 2.05) is 30.8 Å². The molecule has 0 radical (unpaired) electrons. The summed E-state index contributed by atoms with van der Waals surface area (Å²) >= 11 is 0. The average molecular weight is 382 g/mol. The number of ether oxygens (including phenoxy) is 1. The van der Waals surface area contributed by atoms with Crippen LogP contribution in [-0.4, -0.2) is 27.3 Å². The number of aryl methyl sites for hydroxylation is 1. The van der Waals surface area contributed by atoms with Crippen molar-refractivity contribution in [2.24, 2.45) is 12.0 Å². The molecule has 0 amide bonds. The molecule has 0 saturated heterocycles. The number of aromatic nitrogens is 3. The SMILES string of the molecule is CCNC(=NCc1ccc(Oc2cccc(F)c2)nc1)NCc1ccnn1C. The zero-order valence-corrected chi connectivity index (χ0v) is 15.9. The molecule has 1 aromatic carbocycles. The fourth-order valence-corrected chi connectivity index (χ4v) is 2.48. The van der Waals surface area contributed by atoms with Crippen molar-refractivity contribution in [2.45, 2.75) is 20.0 Å². The second-order valence-electron chi connectivity index (χ2n) is 6.06. The van der Waals surface area contributed by atoms with Gasteiger partial charge < -0.3 is 15.4 Å². The number of aliphatic imine (C=N–C) groups is 1. The Labute approximate surface area is 163 Å². The molecule has 2 N–H and O–H groups in total. The van der Waals surface area contributed by atoms with E-state index in [0.29, 0.717) is 30.7 Å². The third-order valence-electron chi connectivity index (χ3n) is 3.94. The molecule has 2 heterocycles. The summed E-state index contributed by atoms with van der Waals surface area (Å²) in [4.78, 5) is 8.83. The molecule has 0 fully saturated rings. The summed E-state index contributed by atoms with van der Waals surface area (Å²) in [5.41, 5.74) is 2.00. The van der Waals surface area contributed by atoms with E-state index in [9.17, 15) is 4.39 Å². The summed E-state index contributed by atoms with van der Waals surface area (Å²) in [7, 11) is 1.90. The lowest BCUT2D eigenvalue weighted by atomic mass is 10.3. The number of hydrogen-bond acceptors (Lipinski definition) is 4. The van der Waals surface area contributed by atoms with Crippen LogP contribution in [0.25, 0.3) is 0 Å². The highest BCUT2D eigenvalue weighted by Gasteiger charge is 2.03. The van der Waals surface area contributed by atoms with Crippen LogP contribution in [-0.2, 0) is 20.1 Å². The number of rotatable bonds is 7. The third kappa shape index (κ3) is 5.54. The molecule has 7 nitrogen and oxygen atoms in total. The van der Waals surface area contributed by atoms with Gasteiger partial charge in [0, 0.05) is 38.1 Å². The van der Waals surface area contributed by atoms with E-state index >= 15 is 0 Å². The van der Waals surface area contributed by atoms with Gasteiger partial charge in [0.1, 0.15) is 11.6 Å². The molecule has 0 spiro atoms. The number of benzene rings is 1. The van der Waals surface area contributed by atoms with E-state index in [1.165, 1.54) is 12.1 Å². The van der Waals surface area contributed by atoms with Crippen LogP contribution in [0.5, 0.6) is 11.6 Å². The maximum absolute atomic E-state index is 13.2. The molecule has 2 aromatic heterocycles. The molecular formula is C20H23FN6O. The Morgan fingerprint density at radius 3 is 2.79 bits per heavy atom. The lowest BCUT2D eigenvalue weighted by Gasteiger charge is -2.11. The molecule has 0 atom stereocenters. The normalized spacial score (nSPS) is 11.3. The molecule has 0 saturated carbocycles. The van der Waals surface area contributed by atoms with Gasteiger partial charge in [0.25, 0.3) is 0 Å². The first-order valence-electron chi connectivity index (χ1n) is 9.01. The van der Waals surface area contributed by atoms with Crippen molar-refractivity contribution in [2.75, 3.05) is 6.54 Å². The Morgan fingerprint density at radius 1 is 1.21 bits per heavy atom. The van der Waals surface area contributed by atoms with Gasteiger partial charge in [-0.15, -0.1) is 0 Å². The van der Waals surface area contributed by atoms with E-state index in [-0.39, 0.29) is 5.82 Å². The molecule has 8 heteroatoms. The van der Waals surface area contributed by atoms with Crippen LogP contribution in [0.2, 0.25) is 0 Å². The van der Waals surface area contributed by atoms with E-state index < -0.39 is 0 Å². The average Bonchev–Trinajstić information content (AvgIpc) is 3.10. The Balaban J connectivity index is 1.58. The highest BCUT2D eigenvalue weighted by molar-refractivity contribution is 5.79. The van der Waals surface area contributed by atoms with Crippen molar-refractivity contribution in [3.8, 4) is 11.6 Å². The van der Waals surface area contributed by atoms with E-state index in [4.69, 9.17) is 4.74 Å². The monoisotopic (exact) mass is 382 g/mol. The minimum absolute atomic E-state index is 0.349. The number of pyridine rings is 1. The molecule has 0 aliphatic carbocycles. The maximum atomic E-state index is 13.2. The highest BCUT2D eigenvalue weighted by Crippen LogP contribution is 2.20. The standard InChI is InChI=1S/C20H23FN6O/c1-3-22-20(25-14-17-9-10-26-27(17)2)24-13-15-7-8-19(23-12-15)28-18-6-4-5-16(21)11-18/h4-12H,3,13-14H2,1-2H3,(H2,22,24,25). The Hall–Kier alpha value is -3.42. The summed E-state index contributed by atoms with van der Waals surface area (Å²) in [5.74, 6) is 1.17. The van der Waals surface area contributed by atoms with Crippen molar-refractivity contribution in [3.63, 3.8) is 0 Å². The van der Waals surface area contributed by atoms with Crippen LogP contribution in [0.3, 0.4) is 0 Å². The van der Waals surface area contributed by atoms with Crippen molar-refractivity contribution in [3.05, 3.63) is 71.9 Å². The summed E-state index contributed by atoms with van der Waals surface area (Å²) in [6.07, 6.45) is 3.46. The predicted octanol–water partition coefficient (Wildman–Crippen LogP) is 3.00. The smallest absolute Gasteiger partial charge is 0.219 e. The molecule has 0 aliphatic rings. The van der Waals surface area contributed by atoms with Crippen molar-refractivity contribution < 1.29 is 9.13 Å². The molecule has 0 aliphatic heterocycles. The van der Waals surface area contributed by atoms with Gasteiger partial charge in [-0.3, -0.25) is 4.68 Å². The van der Waals surface area contributed by atoms with Crippen molar-refractivity contribution >= 4 is 5.96 Å². The lowest BCUT2D eigenvalue weighted by molar-refractivity contribution is 0.457. The Kier molecular flexibility index (Phi) is 6.56. The van der Waals surface area contributed by atoms with Gasteiger partial charge in [0.15, 0.2) is 5.96 Å². The maximum Gasteiger partial charge on any atom is 0.219 e. The summed E-state index contributed by atoms with van der Waals surface area (Å²) in [5, 5.41) is 10.6. The van der Waals surface area contributed by atoms with Crippen LogP contribution in [0.4, 0.5) is 4.39 Å². The first kappa shape index (κ1) is 19.3. The van der Waals surface area contributed by atoms with Gasteiger partial charge in [-0.25, -0.2) is 14.4 Å². The third-order valence-corrected chi connectivity index (χ3v) is 3.94. The highest BCUT2D eigenvalue weighted by atomic mass is 19.1. The van der Waals surface area contributed by atoms with Gasteiger partial charge in [-0.1, -0.05) is 12.1 Å². The number of hydrogen-bond donors (Lipinski definition) is 2. The summed E-state index contributed by atoms with van der Waals surface area (Å²) in [6, 6.07) is 11.5. The Morgan fingerprint density at radius 2 is 2.11 bits per heavy atom. The van der Waals surface area contributed by atoms with Crippen LogP contribution >= 0.6 is 0 Å². The molecule has 28 heavy (non-hydrogen) atoms. The number of nitrogens with one attached hydrogen (secondary N) is 2. The summed E-state index contributed by atoms with van der Waals surface area (Å²) in [6.45, 7) is 3.87. The predicted molar refractivity (Wildman–Crippen MR) is 106 cm³/mol. The zero-order valence-electron chi connectivity index (χ0n) is 15.9. The lowest BCUT2D eigenvalue weighted by Crippen LogP contribution is -2.37. The molecular weight excluding hydrogens is 359 g/mol. The van der Waals surface area contributed by atoms with Crippen LogP contribution in [0.15, 0.2) is 59.9 Å². The first-order chi connectivity index (χ1) is 13.6. The van der Waals surface area contributed by atoms with Crippen molar-refractivity contribution in [1.29, 1.82) is 0 Å².